The lowest BCUT2D eigenvalue weighted by Gasteiger charge is -1.99. The van der Waals surface area contributed by atoms with Gasteiger partial charge >= 0.3 is 0 Å². The Balaban J connectivity index is 2.23. The van der Waals surface area contributed by atoms with Gasteiger partial charge in [-0.2, -0.15) is 5.10 Å². The number of hydrogen-bond donors (Lipinski definition) is 1. The normalized spacial score (nSPS) is 10.9. The van der Waals surface area contributed by atoms with Gasteiger partial charge < -0.3 is 0 Å². The van der Waals surface area contributed by atoms with Crippen molar-refractivity contribution >= 4 is 0 Å². The molecule has 0 bridgehead atoms. The molecular weight excluding hydrogens is 252 g/mol. The Bertz CT molecular complexity index is 808. The standard InChI is InChI=1S/C15H16N4O/c1-10-9-13(18(3)16-10)14-11(2)17-19(15(14)20)12-7-5-4-6-8-12/h4-9,17H,1-3H3. The Morgan fingerprint density at radius 3 is 2.45 bits per heavy atom. The van der Waals surface area contributed by atoms with E-state index in [1.54, 1.807) is 9.36 Å². The number of para-hydroxylation sites is 1. The summed E-state index contributed by atoms with van der Waals surface area (Å²) < 4.78 is 3.30. The fourth-order valence-electron chi connectivity index (χ4n) is 2.45. The van der Waals surface area contributed by atoms with Crippen molar-refractivity contribution < 1.29 is 0 Å². The van der Waals surface area contributed by atoms with Crippen molar-refractivity contribution in [3.63, 3.8) is 0 Å². The van der Waals surface area contributed by atoms with E-state index < -0.39 is 0 Å². The summed E-state index contributed by atoms with van der Waals surface area (Å²) in [5.41, 5.74) is 3.99. The van der Waals surface area contributed by atoms with Crippen LogP contribution in [-0.4, -0.2) is 19.6 Å². The monoisotopic (exact) mass is 268 g/mol. The number of nitrogens with zero attached hydrogens (tertiary/aromatic N) is 3. The van der Waals surface area contributed by atoms with Crippen molar-refractivity contribution in [2.45, 2.75) is 13.8 Å². The molecule has 0 aliphatic heterocycles. The Morgan fingerprint density at radius 1 is 1.15 bits per heavy atom. The molecule has 5 heteroatoms. The zero-order valence-electron chi connectivity index (χ0n) is 11.7. The fourth-order valence-corrected chi connectivity index (χ4v) is 2.45. The van der Waals surface area contributed by atoms with Crippen molar-refractivity contribution in [3.05, 3.63) is 58.1 Å². The molecule has 3 aromatic rings. The van der Waals surface area contributed by atoms with Gasteiger partial charge in [-0.1, -0.05) is 18.2 Å². The molecule has 0 unspecified atom stereocenters. The lowest BCUT2D eigenvalue weighted by Crippen LogP contribution is -2.16. The summed E-state index contributed by atoms with van der Waals surface area (Å²) in [7, 11) is 1.85. The van der Waals surface area contributed by atoms with E-state index in [0.717, 1.165) is 22.8 Å². The Morgan fingerprint density at radius 2 is 1.85 bits per heavy atom. The van der Waals surface area contributed by atoms with Crippen LogP contribution < -0.4 is 5.56 Å². The minimum absolute atomic E-state index is 0.0586. The molecule has 0 atom stereocenters. The molecule has 1 aromatic carbocycles. The topological polar surface area (TPSA) is 55.6 Å². The maximum atomic E-state index is 12.6. The fraction of sp³-hybridized carbons (Fsp3) is 0.200. The Hall–Kier alpha value is -2.56. The molecule has 0 amide bonds. The third-order valence-electron chi connectivity index (χ3n) is 3.34. The van der Waals surface area contributed by atoms with E-state index in [9.17, 15) is 4.79 Å². The molecule has 0 radical (unpaired) electrons. The lowest BCUT2D eigenvalue weighted by atomic mass is 10.2. The highest BCUT2D eigenvalue weighted by atomic mass is 16.1. The van der Waals surface area contributed by atoms with E-state index in [-0.39, 0.29) is 5.56 Å². The van der Waals surface area contributed by atoms with Crippen LogP contribution in [0.5, 0.6) is 0 Å². The highest BCUT2D eigenvalue weighted by Crippen LogP contribution is 2.20. The van der Waals surface area contributed by atoms with Gasteiger partial charge in [0.25, 0.3) is 5.56 Å². The van der Waals surface area contributed by atoms with Gasteiger partial charge in [0.2, 0.25) is 0 Å². The molecule has 2 aromatic heterocycles. The molecule has 2 heterocycles. The van der Waals surface area contributed by atoms with Crippen LogP contribution in [0, 0.1) is 13.8 Å². The number of benzene rings is 1. The first-order chi connectivity index (χ1) is 9.58. The van der Waals surface area contributed by atoms with Crippen molar-refractivity contribution in [3.8, 4) is 16.9 Å². The number of rotatable bonds is 2. The van der Waals surface area contributed by atoms with Crippen molar-refractivity contribution in [2.75, 3.05) is 0 Å². The maximum absolute atomic E-state index is 12.6. The largest absolute Gasteiger partial charge is 0.295 e. The molecule has 0 aliphatic carbocycles. The maximum Gasteiger partial charge on any atom is 0.280 e. The average Bonchev–Trinajstić information content (AvgIpc) is 2.90. The zero-order chi connectivity index (χ0) is 14.3. The van der Waals surface area contributed by atoms with Crippen molar-refractivity contribution in [1.82, 2.24) is 19.6 Å². The first-order valence-corrected chi connectivity index (χ1v) is 6.46. The SMILES string of the molecule is Cc1cc(-c2c(C)[nH]n(-c3ccccc3)c2=O)n(C)n1. The molecule has 102 valence electrons. The second-order valence-electron chi connectivity index (χ2n) is 4.88. The number of aryl methyl sites for hydroxylation is 3. The van der Waals surface area contributed by atoms with Crippen LogP contribution in [0.2, 0.25) is 0 Å². The summed E-state index contributed by atoms with van der Waals surface area (Å²) in [6.07, 6.45) is 0. The number of aromatic nitrogens is 4. The lowest BCUT2D eigenvalue weighted by molar-refractivity contribution is 0.763. The summed E-state index contributed by atoms with van der Waals surface area (Å²) in [6, 6.07) is 11.5. The molecule has 3 rings (SSSR count). The van der Waals surface area contributed by atoms with Crippen molar-refractivity contribution in [2.24, 2.45) is 7.05 Å². The molecule has 0 saturated carbocycles. The molecule has 0 aliphatic rings. The van der Waals surface area contributed by atoms with Crippen LogP contribution in [-0.2, 0) is 7.05 Å². The summed E-state index contributed by atoms with van der Waals surface area (Å²) >= 11 is 0. The zero-order valence-corrected chi connectivity index (χ0v) is 11.7. The second kappa shape index (κ2) is 4.52. The number of hydrogen-bond acceptors (Lipinski definition) is 2. The highest BCUT2D eigenvalue weighted by molar-refractivity contribution is 5.62. The van der Waals surface area contributed by atoms with Crippen LogP contribution in [0.15, 0.2) is 41.2 Å². The third kappa shape index (κ3) is 1.87. The van der Waals surface area contributed by atoms with Crippen LogP contribution in [0.3, 0.4) is 0 Å². The molecular formula is C15H16N4O. The summed E-state index contributed by atoms with van der Waals surface area (Å²) in [5.74, 6) is 0. The predicted octanol–water partition coefficient (Wildman–Crippen LogP) is 2.18. The van der Waals surface area contributed by atoms with Gasteiger partial charge in [-0.25, -0.2) is 4.68 Å². The Kier molecular flexibility index (Phi) is 2.82. The number of nitrogens with one attached hydrogen (secondary N) is 1. The highest BCUT2D eigenvalue weighted by Gasteiger charge is 2.17. The van der Waals surface area contributed by atoms with Gasteiger partial charge in [-0.05, 0) is 32.0 Å². The molecule has 0 saturated heterocycles. The number of H-pyrrole nitrogens is 1. The first-order valence-electron chi connectivity index (χ1n) is 6.46. The molecule has 0 spiro atoms. The predicted molar refractivity (Wildman–Crippen MR) is 78.1 cm³/mol. The van der Waals surface area contributed by atoms with E-state index in [4.69, 9.17) is 0 Å². The van der Waals surface area contributed by atoms with E-state index in [2.05, 4.69) is 10.2 Å². The number of aromatic amines is 1. The van der Waals surface area contributed by atoms with Crippen LogP contribution >= 0.6 is 0 Å². The minimum Gasteiger partial charge on any atom is -0.295 e. The smallest absolute Gasteiger partial charge is 0.280 e. The van der Waals surface area contributed by atoms with Gasteiger partial charge in [-0.3, -0.25) is 14.6 Å². The molecule has 1 N–H and O–H groups in total. The van der Waals surface area contributed by atoms with Crippen LogP contribution in [0.25, 0.3) is 16.9 Å². The van der Waals surface area contributed by atoms with Crippen LogP contribution in [0.4, 0.5) is 0 Å². The van der Waals surface area contributed by atoms with E-state index in [1.807, 2.05) is 57.3 Å². The van der Waals surface area contributed by atoms with Gasteiger partial charge in [0.1, 0.15) is 0 Å². The van der Waals surface area contributed by atoms with Gasteiger partial charge in [-0.15, -0.1) is 0 Å². The first kappa shape index (κ1) is 12.5. The van der Waals surface area contributed by atoms with E-state index in [1.165, 1.54) is 0 Å². The molecule has 0 fully saturated rings. The van der Waals surface area contributed by atoms with Gasteiger partial charge in [0, 0.05) is 12.7 Å². The average molecular weight is 268 g/mol. The summed E-state index contributed by atoms with van der Waals surface area (Å²) in [4.78, 5) is 12.6. The second-order valence-corrected chi connectivity index (χ2v) is 4.88. The molecule has 20 heavy (non-hydrogen) atoms. The van der Waals surface area contributed by atoms with Crippen LogP contribution in [0.1, 0.15) is 11.4 Å². The Labute approximate surface area is 116 Å². The third-order valence-corrected chi connectivity index (χ3v) is 3.34. The summed E-state index contributed by atoms with van der Waals surface area (Å²) in [6.45, 7) is 3.82. The minimum atomic E-state index is -0.0586. The molecule has 5 nitrogen and oxygen atoms in total. The summed E-state index contributed by atoms with van der Waals surface area (Å²) in [5, 5.41) is 7.43. The quantitative estimate of drug-likeness (QED) is 0.774. The van der Waals surface area contributed by atoms with E-state index >= 15 is 0 Å². The van der Waals surface area contributed by atoms with E-state index in [0.29, 0.717) is 5.56 Å². The van der Waals surface area contributed by atoms with Gasteiger partial charge in [0.15, 0.2) is 0 Å². The van der Waals surface area contributed by atoms with Crippen molar-refractivity contribution in [1.29, 1.82) is 0 Å². The van der Waals surface area contributed by atoms with Gasteiger partial charge in [0.05, 0.1) is 22.6 Å².